The van der Waals surface area contributed by atoms with E-state index in [4.69, 9.17) is 21.4 Å². The maximum atomic E-state index is 13.9. The Morgan fingerprint density at radius 3 is 2.41 bits per heavy atom. The molecule has 2 fully saturated rings. The van der Waals surface area contributed by atoms with Gasteiger partial charge in [0.2, 0.25) is 0 Å². The highest BCUT2D eigenvalue weighted by atomic mass is 35.5. The highest BCUT2D eigenvalue weighted by molar-refractivity contribution is 6.32. The van der Waals surface area contributed by atoms with Gasteiger partial charge in [-0.2, -0.15) is 13.2 Å². The second-order valence-corrected chi connectivity index (χ2v) is 15.1. The number of piperidine rings is 2. The zero-order valence-electron chi connectivity index (χ0n) is 30.6. The molecular weight excluding hydrogens is 731 g/mol. The van der Waals surface area contributed by atoms with Crippen molar-refractivity contribution in [2.45, 2.75) is 76.6 Å². The Bertz CT molecular complexity index is 1660. The maximum absolute atomic E-state index is 13.9. The van der Waals surface area contributed by atoms with Crippen molar-refractivity contribution in [3.8, 4) is 5.75 Å². The van der Waals surface area contributed by atoms with E-state index < -0.39 is 53.0 Å². The van der Waals surface area contributed by atoms with Gasteiger partial charge >= 0.3 is 24.3 Å². The van der Waals surface area contributed by atoms with Crippen LogP contribution in [0.25, 0.3) is 0 Å². The zero-order valence-corrected chi connectivity index (χ0v) is 31.4. The number of amides is 4. The first-order valence-corrected chi connectivity index (χ1v) is 18.9. The Balaban J connectivity index is 1.22. The summed E-state index contributed by atoms with van der Waals surface area (Å²) in [4.78, 5) is 58.3. The smallest absolute Gasteiger partial charge is 0.420 e. The molecule has 3 aliphatic rings. The topological polar surface area (TPSA) is 143 Å². The molecule has 2 aromatic carbocycles. The van der Waals surface area contributed by atoms with Gasteiger partial charge < -0.3 is 39.9 Å². The zero-order chi connectivity index (χ0) is 39.2. The van der Waals surface area contributed by atoms with Crippen molar-refractivity contribution in [2.24, 2.45) is 11.8 Å². The minimum Gasteiger partial charge on any atom is -0.506 e. The predicted octanol–water partition coefficient (Wildman–Crippen LogP) is 6.34. The number of carbonyl (C=O) groups excluding carboxylic acids is 3. The minimum atomic E-state index is -4.92. The van der Waals surface area contributed by atoms with Gasteiger partial charge in [0.1, 0.15) is 5.75 Å². The fourth-order valence-electron chi connectivity index (χ4n) is 7.67. The van der Waals surface area contributed by atoms with Crippen LogP contribution in [0.5, 0.6) is 5.75 Å². The van der Waals surface area contributed by atoms with Crippen LogP contribution in [0.1, 0.15) is 62.1 Å². The second kappa shape index (κ2) is 17.9. The van der Waals surface area contributed by atoms with E-state index >= 15 is 0 Å². The van der Waals surface area contributed by atoms with Gasteiger partial charge in [0, 0.05) is 57.9 Å². The third-order valence-electron chi connectivity index (χ3n) is 11.0. The molecule has 0 aromatic heterocycles. The van der Waals surface area contributed by atoms with Crippen molar-refractivity contribution in [1.82, 2.24) is 19.6 Å². The Morgan fingerprint density at radius 2 is 1.74 bits per heavy atom. The van der Waals surface area contributed by atoms with E-state index in [0.717, 1.165) is 43.2 Å². The van der Waals surface area contributed by atoms with Gasteiger partial charge in [0.25, 0.3) is 5.91 Å². The van der Waals surface area contributed by atoms with Crippen molar-refractivity contribution in [3.63, 3.8) is 0 Å². The second-order valence-electron chi connectivity index (χ2n) is 14.6. The lowest BCUT2D eigenvalue weighted by Gasteiger charge is -2.38. The molecule has 2 saturated heterocycles. The van der Waals surface area contributed by atoms with Crippen molar-refractivity contribution in [1.29, 1.82) is 0 Å². The average Bonchev–Trinajstić information content (AvgIpc) is 3.31. The highest BCUT2D eigenvalue weighted by Crippen LogP contribution is 2.40. The van der Waals surface area contributed by atoms with Gasteiger partial charge in [0.15, 0.2) is 6.10 Å². The van der Waals surface area contributed by atoms with Crippen LogP contribution >= 0.6 is 11.6 Å². The number of benzene rings is 2. The molecule has 12 nitrogen and oxygen atoms in total. The van der Waals surface area contributed by atoms with Crippen LogP contribution in [0.15, 0.2) is 36.4 Å². The normalized spacial score (nSPS) is 18.7. The van der Waals surface area contributed by atoms with Crippen molar-refractivity contribution in [2.75, 3.05) is 58.2 Å². The number of rotatable bonds is 12. The van der Waals surface area contributed by atoms with Crippen molar-refractivity contribution in [3.05, 3.63) is 58.1 Å². The molecule has 4 amide bonds. The molecule has 0 aliphatic carbocycles. The molecule has 0 spiro atoms. The van der Waals surface area contributed by atoms with Crippen LogP contribution in [0.3, 0.4) is 0 Å². The maximum Gasteiger partial charge on any atom is 0.420 e. The van der Waals surface area contributed by atoms with Crippen LogP contribution in [-0.4, -0.2) is 119 Å². The van der Waals surface area contributed by atoms with E-state index in [-0.39, 0.29) is 43.1 Å². The molecule has 0 radical (unpaired) electrons. The van der Waals surface area contributed by atoms with E-state index in [1.165, 1.54) is 9.80 Å². The molecular formula is C38H49ClF3N5O7. The minimum absolute atomic E-state index is 0.0421. The summed E-state index contributed by atoms with van der Waals surface area (Å²) in [5.41, 5.74) is 0.409. The number of fused-ring (bicyclic) bond motifs is 1. The number of urea groups is 1. The van der Waals surface area contributed by atoms with Crippen LogP contribution < -0.4 is 5.32 Å². The summed E-state index contributed by atoms with van der Waals surface area (Å²) in [5.74, 6) is -1.94. The molecule has 2 aromatic rings. The molecule has 296 valence electrons. The Hall–Kier alpha value is -4.24. The highest BCUT2D eigenvalue weighted by Gasteiger charge is 2.38. The van der Waals surface area contributed by atoms with E-state index in [1.807, 2.05) is 24.3 Å². The third-order valence-corrected chi connectivity index (χ3v) is 11.3. The summed E-state index contributed by atoms with van der Waals surface area (Å²) >= 11 is 5.98. The van der Waals surface area contributed by atoms with Crippen LogP contribution in [-0.2, 0) is 33.3 Å². The lowest BCUT2D eigenvalue weighted by atomic mass is 9.83. The number of para-hydroxylation sites is 1. The number of carbonyl (C=O) groups is 4. The fraction of sp³-hybridized carbons (Fsp3) is 0.579. The number of hydrogen-bond acceptors (Lipinski definition) is 7. The number of aliphatic carboxylic acids is 1. The Kier molecular flexibility index (Phi) is 13.6. The van der Waals surface area contributed by atoms with Crippen LogP contribution in [0.4, 0.5) is 28.4 Å². The molecule has 1 unspecified atom stereocenters. The number of ether oxygens (including phenoxy) is 1. The molecule has 16 heteroatoms. The average molecular weight is 780 g/mol. The number of nitrogens with one attached hydrogen (secondary N) is 1. The number of nitrogens with zero attached hydrogens (tertiary/aromatic N) is 4. The summed E-state index contributed by atoms with van der Waals surface area (Å²) in [6.45, 7) is 5.50. The lowest BCUT2D eigenvalue weighted by molar-refractivity contribution is -0.140. The van der Waals surface area contributed by atoms with E-state index in [1.54, 1.807) is 11.9 Å². The van der Waals surface area contributed by atoms with Gasteiger partial charge in [-0.15, -0.1) is 0 Å². The fourth-order valence-corrected chi connectivity index (χ4v) is 7.91. The number of aromatic hydroxyl groups is 1. The number of hydrogen-bond donors (Lipinski definition) is 3. The molecule has 3 heterocycles. The number of halogens is 4. The summed E-state index contributed by atoms with van der Waals surface area (Å²) in [6, 6.07) is 9.10. The monoisotopic (exact) mass is 779 g/mol. The van der Waals surface area contributed by atoms with Crippen LogP contribution in [0, 0.1) is 11.8 Å². The molecule has 3 aliphatic heterocycles. The number of phenolic OH excluding ortho intramolecular Hbond substituents is 1. The number of anilines is 1. The van der Waals surface area contributed by atoms with Gasteiger partial charge in [-0.1, -0.05) is 36.7 Å². The Morgan fingerprint density at radius 1 is 1.06 bits per heavy atom. The largest absolute Gasteiger partial charge is 0.506 e. The molecule has 3 N–H and O–H groups in total. The first kappa shape index (κ1) is 40.9. The van der Waals surface area contributed by atoms with Gasteiger partial charge in [0.05, 0.1) is 17.0 Å². The van der Waals surface area contributed by atoms with Gasteiger partial charge in [-0.3, -0.25) is 9.59 Å². The molecule has 2 atom stereocenters. The molecule has 0 bridgehead atoms. The summed E-state index contributed by atoms with van der Waals surface area (Å²) in [7, 11) is 1.56. The molecule has 0 saturated carbocycles. The SMILES string of the molecule is CC(CCN(C)C(=O)[C@@H](Cc1cc(Cl)c(O)c(C(F)(F)F)c1)OC(=O)N1CCC(N2CCc3ccccc3NC2=O)CC1)C1CCN(CCC(=O)O)CC1. The number of phenols is 1. The summed E-state index contributed by atoms with van der Waals surface area (Å²) in [5, 5.41) is 21.4. The van der Waals surface area contributed by atoms with E-state index in [9.17, 15) is 37.5 Å². The standard InChI is InChI=1S/C38H49ClF3N5O7/c1-24(26-8-15-45(16-9-26)17-13-33(48)49)7-14-44(2)35(51)32(23-25-21-29(38(40,41)42)34(50)30(39)22-25)54-37(53)46-18-11-28(12-19-46)47-20-10-27-5-3-4-6-31(27)43-36(47)52/h3-6,21-22,24,26,28,32,50H,7-20,23H2,1-2H3,(H,43,52)(H,48,49)/t24?,32-/m1/s1. The van der Waals surface area contributed by atoms with Gasteiger partial charge in [-0.05, 0) is 92.8 Å². The van der Waals surface area contributed by atoms with Crippen molar-refractivity contribution >= 4 is 41.3 Å². The number of carboxylic acid groups (broad SMARTS) is 1. The summed E-state index contributed by atoms with van der Waals surface area (Å²) < 4.78 is 47.0. The quantitative estimate of drug-likeness (QED) is 0.227. The lowest BCUT2D eigenvalue weighted by Crippen LogP contribution is -2.51. The third kappa shape index (κ3) is 10.5. The van der Waals surface area contributed by atoms with E-state index in [0.29, 0.717) is 57.3 Å². The first-order chi connectivity index (χ1) is 25.6. The van der Waals surface area contributed by atoms with Crippen LogP contribution in [0.2, 0.25) is 5.02 Å². The first-order valence-electron chi connectivity index (χ1n) is 18.5. The molecule has 54 heavy (non-hydrogen) atoms. The van der Waals surface area contributed by atoms with Gasteiger partial charge in [-0.25, -0.2) is 9.59 Å². The molecule has 5 rings (SSSR count). The Labute approximate surface area is 318 Å². The number of likely N-dealkylation sites (N-methyl/N-ethyl adjacent to an activating group) is 1. The summed E-state index contributed by atoms with van der Waals surface area (Å²) in [6.07, 6.45) is -3.47. The van der Waals surface area contributed by atoms with E-state index in [2.05, 4.69) is 17.1 Å². The number of alkyl halides is 3. The number of carboxylic acids is 1. The number of likely N-dealkylation sites (tertiary alicyclic amines) is 2. The van der Waals surface area contributed by atoms with Crippen molar-refractivity contribution < 1.29 is 47.3 Å². The predicted molar refractivity (Wildman–Crippen MR) is 195 cm³/mol.